The molecule has 3 heteroatoms. The highest BCUT2D eigenvalue weighted by atomic mass is 16.5. The van der Waals surface area contributed by atoms with Gasteiger partial charge in [-0.05, 0) is 12.8 Å². The molecule has 1 aliphatic heterocycles. The zero-order valence-corrected chi connectivity index (χ0v) is 8.60. The topological polar surface area (TPSA) is 40.5 Å². The Labute approximate surface area is 89.3 Å². The van der Waals surface area contributed by atoms with Crippen molar-refractivity contribution in [2.45, 2.75) is 12.8 Å². The van der Waals surface area contributed by atoms with Crippen molar-refractivity contribution >= 4 is 5.78 Å². The molecule has 3 nitrogen and oxygen atoms in total. The number of piperidine rings is 1. The second-order valence-corrected chi connectivity index (χ2v) is 3.98. The van der Waals surface area contributed by atoms with Gasteiger partial charge in [-0.1, -0.05) is 30.3 Å². The maximum atomic E-state index is 12.0. The Morgan fingerprint density at radius 1 is 1.33 bits per heavy atom. The van der Waals surface area contributed by atoms with Gasteiger partial charge in [-0.2, -0.15) is 5.06 Å². The highest BCUT2D eigenvalue weighted by Crippen LogP contribution is 2.19. The van der Waals surface area contributed by atoms with Gasteiger partial charge in [-0.15, -0.1) is 0 Å². The summed E-state index contributed by atoms with van der Waals surface area (Å²) in [7, 11) is 0. The molecule has 0 radical (unpaired) electrons. The number of hydrogen-bond acceptors (Lipinski definition) is 3. The summed E-state index contributed by atoms with van der Waals surface area (Å²) >= 11 is 0. The van der Waals surface area contributed by atoms with E-state index in [4.69, 9.17) is 0 Å². The number of nitrogens with zero attached hydrogens (tertiary/aromatic N) is 1. The second-order valence-electron chi connectivity index (χ2n) is 3.98. The van der Waals surface area contributed by atoms with E-state index < -0.39 is 0 Å². The predicted molar refractivity (Wildman–Crippen MR) is 56.9 cm³/mol. The Hall–Kier alpha value is -1.19. The van der Waals surface area contributed by atoms with Crippen LogP contribution in [0, 0.1) is 5.92 Å². The van der Waals surface area contributed by atoms with Crippen LogP contribution < -0.4 is 0 Å². The van der Waals surface area contributed by atoms with Crippen molar-refractivity contribution in [2.24, 2.45) is 5.92 Å². The molecule has 0 spiro atoms. The van der Waals surface area contributed by atoms with E-state index in [1.165, 1.54) is 5.06 Å². The average molecular weight is 205 g/mol. The van der Waals surface area contributed by atoms with E-state index >= 15 is 0 Å². The Balaban J connectivity index is 2.08. The maximum absolute atomic E-state index is 12.0. The lowest BCUT2D eigenvalue weighted by Crippen LogP contribution is -2.36. The first-order valence-electron chi connectivity index (χ1n) is 5.30. The van der Waals surface area contributed by atoms with E-state index in [9.17, 15) is 10.0 Å². The summed E-state index contributed by atoms with van der Waals surface area (Å²) in [5.41, 5.74) is 0.748. The zero-order chi connectivity index (χ0) is 10.7. The molecule has 1 aliphatic rings. The summed E-state index contributed by atoms with van der Waals surface area (Å²) in [5.74, 6) is 0.0977. The van der Waals surface area contributed by atoms with Crippen LogP contribution in [0.5, 0.6) is 0 Å². The smallest absolute Gasteiger partial charge is 0.167 e. The van der Waals surface area contributed by atoms with E-state index in [-0.39, 0.29) is 11.7 Å². The summed E-state index contributed by atoms with van der Waals surface area (Å²) < 4.78 is 0. The fourth-order valence-electron chi connectivity index (χ4n) is 2.01. The Morgan fingerprint density at radius 2 is 2.07 bits per heavy atom. The lowest BCUT2D eigenvalue weighted by molar-refractivity contribution is -0.112. The number of ketones is 1. The van der Waals surface area contributed by atoms with Crippen LogP contribution in [0.25, 0.3) is 0 Å². The SMILES string of the molecule is O=C(c1ccccc1)C1CCCN(O)C1. The molecule has 2 rings (SSSR count). The molecule has 1 fully saturated rings. The molecule has 80 valence electrons. The number of carbonyl (C=O) groups excluding carboxylic acids is 1. The number of hydrogen-bond donors (Lipinski definition) is 1. The highest BCUT2D eigenvalue weighted by Gasteiger charge is 2.25. The third kappa shape index (κ3) is 2.43. The number of Topliss-reactive ketones (excluding diaryl/α,β-unsaturated/α-hetero) is 1. The van der Waals surface area contributed by atoms with Crippen molar-refractivity contribution in [3.63, 3.8) is 0 Å². The summed E-state index contributed by atoms with van der Waals surface area (Å²) in [5, 5.41) is 10.6. The molecule has 1 N–H and O–H groups in total. The van der Waals surface area contributed by atoms with Crippen molar-refractivity contribution < 1.29 is 10.0 Å². The lowest BCUT2D eigenvalue weighted by Gasteiger charge is -2.26. The molecule has 1 saturated heterocycles. The zero-order valence-electron chi connectivity index (χ0n) is 8.60. The van der Waals surface area contributed by atoms with E-state index in [2.05, 4.69) is 0 Å². The van der Waals surface area contributed by atoms with Gasteiger partial charge in [0.25, 0.3) is 0 Å². The van der Waals surface area contributed by atoms with E-state index in [1.54, 1.807) is 0 Å². The quantitative estimate of drug-likeness (QED) is 0.750. The van der Waals surface area contributed by atoms with Crippen LogP contribution in [0.2, 0.25) is 0 Å². The monoisotopic (exact) mass is 205 g/mol. The third-order valence-corrected chi connectivity index (χ3v) is 2.83. The van der Waals surface area contributed by atoms with Crippen LogP contribution in [0.4, 0.5) is 0 Å². The summed E-state index contributed by atoms with van der Waals surface area (Å²) in [6, 6.07) is 9.30. The van der Waals surface area contributed by atoms with Crippen molar-refractivity contribution in [2.75, 3.05) is 13.1 Å². The lowest BCUT2D eigenvalue weighted by atomic mass is 9.91. The normalized spacial score (nSPS) is 22.6. The molecule has 0 aliphatic carbocycles. The number of hydroxylamine groups is 2. The molecule has 0 bridgehead atoms. The molecule has 0 aromatic heterocycles. The van der Waals surface area contributed by atoms with Crippen LogP contribution in [0.15, 0.2) is 30.3 Å². The van der Waals surface area contributed by atoms with E-state index in [0.717, 1.165) is 18.4 Å². The van der Waals surface area contributed by atoms with Crippen molar-refractivity contribution in [3.8, 4) is 0 Å². The summed E-state index contributed by atoms with van der Waals surface area (Å²) in [6.45, 7) is 1.15. The van der Waals surface area contributed by atoms with Crippen LogP contribution in [0.1, 0.15) is 23.2 Å². The molecule has 15 heavy (non-hydrogen) atoms. The Morgan fingerprint density at radius 3 is 2.73 bits per heavy atom. The molecule has 1 atom stereocenters. The Bertz CT molecular complexity index is 337. The third-order valence-electron chi connectivity index (χ3n) is 2.83. The molecule has 1 unspecified atom stereocenters. The number of rotatable bonds is 2. The fourth-order valence-corrected chi connectivity index (χ4v) is 2.01. The molecule has 1 heterocycles. The summed E-state index contributed by atoms with van der Waals surface area (Å²) in [6.07, 6.45) is 1.77. The minimum Gasteiger partial charge on any atom is -0.314 e. The van der Waals surface area contributed by atoms with Gasteiger partial charge in [-0.3, -0.25) is 4.79 Å². The van der Waals surface area contributed by atoms with Gasteiger partial charge in [0.15, 0.2) is 5.78 Å². The summed E-state index contributed by atoms with van der Waals surface area (Å²) in [4.78, 5) is 12.0. The van der Waals surface area contributed by atoms with Gasteiger partial charge in [-0.25, -0.2) is 0 Å². The van der Waals surface area contributed by atoms with E-state index in [0.29, 0.717) is 13.1 Å². The minimum absolute atomic E-state index is 0.0499. The van der Waals surface area contributed by atoms with Gasteiger partial charge >= 0.3 is 0 Å². The van der Waals surface area contributed by atoms with Crippen LogP contribution in [-0.2, 0) is 0 Å². The maximum Gasteiger partial charge on any atom is 0.167 e. The highest BCUT2D eigenvalue weighted by molar-refractivity contribution is 5.97. The van der Waals surface area contributed by atoms with Crippen molar-refractivity contribution in [1.82, 2.24) is 5.06 Å². The minimum atomic E-state index is -0.0499. The average Bonchev–Trinajstić information content (AvgIpc) is 2.29. The van der Waals surface area contributed by atoms with Gasteiger partial charge in [0.1, 0.15) is 0 Å². The van der Waals surface area contributed by atoms with Gasteiger partial charge in [0.2, 0.25) is 0 Å². The van der Waals surface area contributed by atoms with Crippen LogP contribution in [-0.4, -0.2) is 29.1 Å². The van der Waals surface area contributed by atoms with Gasteiger partial charge in [0.05, 0.1) is 0 Å². The largest absolute Gasteiger partial charge is 0.314 e. The van der Waals surface area contributed by atoms with Crippen LogP contribution in [0.3, 0.4) is 0 Å². The number of benzene rings is 1. The molecule has 1 aromatic carbocycles. The molecular formula is C12H15NO2. The Kier molecular flexibility index (Phi) is 3.14. The fraction of sp³-hybridized carbons (Fsp3) is 0.417. The van der Waals surface area contributed by atoms with Crippen molar-refractivity contribution in [3.05, 3.63) is 35.9 Å². The molecule has 0 saturated carbocycles. The standard InChI is InChI=1S/C12H15NO2/c14-12(10-5-2-1-3-6-10)11-7-4-8-13(15)9-11/h1-3,5-6,11,15H,4,7-9H2. The molecular weight excluding hydrogens is 190 g/mol. The van der Waals surface area contributed by atoms with Gasteiger partial charge in [0, 0.05) is 24.6 Å². The first-order valence-corrected chi connectivity index (χ1v) is 5.30. The van der Waals surface area contributed by atoms with Crippen molar-refractivity contribution in [1.29, 1.82) is 0 Å². The molecule has 1 aromatic rings. The molecule has 0 amide bonds. The van der Waals surface area contributed by atoms with Crippen LogP contribution >= 0.6 is 0 Å². The first kappa shape index (κ1) is 10.3. The van der Waals surface area contributed by atoms with Gasteiger partial charge < -0.3 is 5.21 Å². The number of carbonyl (C=O) groups is 1. The second kappa shape index (κ2) is 4.55. The predicted octanol–water partition coefficient (Wildman–Crippen LogP) is 1.97. The first-order chi connectivity index (χ1) is 7.27. The van der Waals surface area contributed by atoms with E-state index in [1.807, 2.05) is 30.3 Å².